The second-order valence-corrected chi connectivity index (χ2v) is 8.66. The monoisotopic (exact) mass is 324 g/mol. The number of hydrogen-bond acceptors (Lipinski definition) is 0. The molecule has 0 aromatic heterocycles. The lowest BCUT2D eigenvalue weighted by Gasteiger charge is -2.54. The Morgan fingerprint density at radius 2 is 1.96 bits per heavy atom. The third-order valence-corrected chi connectivity index (χ3v) is 7.82. The Morgan fingerprint density at radius 3 is 2.61 bits per heavy atom. The van der Waals surface area contributed by atoms with Gasteiger partial charge in [0.15, 0.2) is 0 Å². The molecule has 3 rings (SSSR count). The first kappa shape index (κ1) is 17.4. The van der Waals surface area contributed by atoms with Gasteiger partial charge in [0.05, 0.1) is 0 Å². The number of rotatable bonds is 4. The lowest BCUT2D eigenvalue weighted by Crippen LogP contribution is -2.46. The minimum atomic E-state index is -2.12. The van der Waals surface area contributed by atoms with E-state index >= 15 is 0 Å². The quantitative estimate of drug-likeness (QED) is 0.496. The highest BCUT2D eigenvalue weighted by Crippen LogP contribution is 2.63. The second kappa shape index (κ2) is 6.84. The molecule has 6 unspecified atom stereocenters. The van der Waals surface area contributed by atoms with Crippen LogP contribution in [0.15, 0.2) is 11.6 Å². The molecule has 3 aliphatic carbocycles. The van der Waals surface area contributed by atoms with Crippen LogP contribution in [0, 0.1) is 35.0 Å². The van der Waals surface area contributed by atoms with Crippen molar-refractivity contribution in [3.05, 3.63) is 11.6 Å². The minimum Gasteiger partial charge on any atom is -0.211 e. The number of halogens is 2. The van der Waals surface area contributed by atoms with Gasteiger partial charge in [-0.05, 0) is 80.5 Å². The highest BCUT2D eigenvalue weighted by molar-refractivity contribution is 5.22. The maximum Gasteiger partial charge on any atom is 0.238 e. The minimum absolute atomic E-state index is 0.149. The average molecular weight is 324 g/mol. The molecule has 0 nitrogen and oxygen atoms in total. The lowest BCUT2D eigenvalue weighted by atomic mass is 9.51. The molecule has 3 fully saturated rings. The van der Waals surface area contributed by atoms with Crippen molar-refractivity contribution in [2.24, 2.45) is 35.0 Å². The van der Waals surface area contributed by atoms with Crippen molar-refractivity contribution >= 4 is 0 Å². The van der Waals surface area contributed by atoms with Gasteiger partial charge in [0.2, 0.25) is 6.43 Å². The summed E-state index contributed by atoms with van der Waals surface area (Å²) >= 11 is 0. The van der Waals surface area contributed by atoms with E-state index in [1.54, 1.807) is 5.57 Å². The van der Waals surface area contributed by atoms with E-state index in [1.165, 1.54) is 38.5 Å². The maximum absolute atomic E-state index is 13.0. The summed E-state index contributed by atoms with van der Waals surface area (Å²) in [6.45, 7) is 6.92. The van der Waals surface area contributed by atoms with Crippen molar-refractivity contribution in [2.75, 3.05) is 0 Å². The van der Waals surface area contributed by atoms with Crippen LogP contribution in [0.2, 0.25) is 0 Å². The Balaban J connectivity index is 1.81. The van der Waals surface area contributed by atoms with Crippen molar-refractivity contribution in [3.63, 3.8) is 0 Å². The summed E-state index contributed by atoms with van der Waals surface area (Å²) < 4.78 is 26.0. The van der Waals surface area contributed by atoms with Gasteiger partial charge in [-0.3, -0.25) is 0 Å². The molecule has 132 valence electrons. The molecule has 0 bridgehead atoms. The van der Waals surface area contributed by atoms with E-state index in [0.717, 1.165) is 30.6 Å². The summed E-state index contributed by atoms with van der Waals surface area (Å²) in [6, 6.07) is 0. The zero-order chi connectivity index (χ0) is 16.6. The van der Waals surface area contributed by atoms with Gasteiger partial charge in [-0.2, -0.15) is 0 Å². The first-order valence-corrected chi connectivity index (χ1v) is 9.95. The molecular formula is C21H34F2. The van der Waals surface area contributed by atoms with Crippen molar-refractivity contribution in [1.29, 1.82) is 0 Å². The fourth-order valence-electron chi connectivity index (χ4n) is 6.86. The second-order valence-electron chi connectivity index (χ2n) is 8.66. The van der Waals surface area contributed by atoms with Crippen LogP contribution in [-0.2, 0) is 0 Å². The summed E-state index contributed by atoms with van der Waals surface area (Å²) in [5, 5.41) is 0. The maximum atomic E-state index is 13.0. The molecule has 3 saturated carbocycles. The van der Waals surface area contributed by atoms with Gasteiger partial charge in [-0.1, -0.05) is 38.3 Å². The first-order chi connectivity index (χ1) is 11.0. The molecule has 0 heterocycles. The summed E-state index contributed by atoms with van der Waals surface area (Å²) in [5.74, 6) is 3.19. The normalized spacial score (nSPS) is 45.3. The number of fused-ring (bicyclic) bond motifs is 3. The predicted octanol–water partition coefficient (Wildman–Crippen LogP) is 6.86. The van der Waals surface area contributed by atoms with Gasteiger partial charge in [-0.25, -0.2) is 8.78 Å². The van der Waals surface area contributed by atoms with Crippen LogP contribution in [0.3, 0.4) is 0 Å². The van der Waals surface area contributed by atoms with E-state index in [4.69, 9.17) is 0 Å². The highest BCUT2D eigenvalue weighted by atomic mass is 19.3. The van der Waals surface area contributed by atoms with E-state index in [9.17, 15) is 8.78 Å². The van der Waals surface area contributed by atoms with Crippen LogP contribution in [-0.4, -0.2) is 6.43 Å². The topological polar surface area (TPSA) is 0 Å². The summed E-state index contributed by atoms with van der Waals surface area (Å²) in [7, 11) is 0. The van der Waals surface area contributed by atoms with E-state index in [-0.39, 0.29) is 12.3 Å². The Labute approximate surface area is 141 Å². The summed E-state index contributed by atoms with van der Waals surface area (Å²) in [4.78, 5) is 0. The van der Waals surface area contributed by atoms with Crippen molar-refractivity contribution in [2.45, 2.75) is 85.0 Å². The molecule has 0 amide bonds. The van der Waals surface area contributed by atoms with E-state index in [2.05, 4.69) is 26.8 Å². The molecular weight excluding hydrogens is 290 g/mol. The van der Waals surface area contributed by atoms with Crippen LogP contribution in [0.1, 0.15) is 78.6 Å². The molecule has 23 heavy (non-hydrogen) atoms. The van der Waals surface area contributed by atoms with E-state index in [1.807, 2.05) is 0 Å². The smallest absolute Gasteiger partial charge is 0.211 e. The molecule has 0 aliphatic heterocycles. The SMILES string of the molecule is C/C=C1/CCC2C3CCC(CC(F)F)C(CCC)C3CCC12C. The van der Waals surface area contributed by atoms with Crippen LogP contribution in [0.25, 0.3) is 0 Å². The lowest BCUT2D eigenvalue weighted by molar-refractivity contribution is -0.0437. The molecule has 0 aromatic rings. The Hall–Kier alpha value is -0.400. The van der Waals surface area contributed by atoms with Crippen molar-refractivity contribution in [3.8, 4) is 0 Å². The van der Waals surface area contributed by atoms with Gasteiger partial charge >= 0.3 is 0 Å². The molecule has 0 saturated heterocycles. The van der Waals surface area contributed by atoms with Crippen LogP contribution in [0.4, 0.5) is 8.78 Å². The Morgan fingerprint density at radius 1 is 1.17 bits per heavy atom. The van der Waals surface area contributed by atoms with Gasteiger partial charge in [0.1, 0.15) is 0 Å². The van der Waals surface area contributed by atoms with E-state index in [0.29, 0.717) is 11.3 Å². The zero-order valence-electron chi connectivity index (χ0n) is 15.2. The molecule has 0 radical (unpaired) electrons. The molecule has 0 N–H and O–H groups in total. The van der Waals surface area contributed by atoms with Crippen LogP contribution >= 0.6 is 0 Å². The standard InChI is InChI=1S/C21H34F2/c1-4-6-16-14(13-20(22)23)7-9-18-17(16)11-12-21(3)15(5-2)8-10-19(18)21/h5,14,16-20H,4,6-13H2,1-3H3/b15-5-. The Bertz CT molecular complexity index is 441. The van der Waals surface area contributed by atoms with Crippen LogP contribution in [0.5, 0.6) is 0 Å². The van der Waals surface area contributed by atoms with Crippen molar-refractivity contribution < 1.29 is 8.78 Å². The van der Waals surface area contributed by atoms with Crippen LogP contribution < -0.4 is 0 Å². The third-order valence-electron chi connectivity index (χ3n) is 7.82. The summed E-state index contributed by atoms with van der Waals surface area (Å²) in [6.07, 6.45) is 10.2. The largest absolute Gasteiger partial charge is 0.238 e. The fraction of sp³-hybridized carbons (Fsp3) is 0.905. The average Bonchev–Trinajstić information content (AvgIpc) is 2.85. The van der Waals surface area contributed by atoms with E-state index < -0.39 is 6.43 Å². The number of hydrogen-bond donors (Lipinski definition) is 0. The number of allylic oxidation sites excluding steroid dienone is 2. The van der Waals surface area contributed by atoms with Gasteiger partial charge < -0.3 is 0 Å². The summed E-state index contributed by atoms with van der Waals surface area (Å²) in [5.41, 5.74) is 2.10. The molecule has 0 spiro atoms. The zero-order valence-corrected chi connectivity index (χ0v) is 15.2. The predicted molar refractivity (Wildman–Crippen MR) is 92.5 cm³/mol. The van der Waals surface area contributed by atoms with Gasteiger partial charge in [0, 0.05) is 6.42 Å². The molecule has 0 aromatic carbocycles. The molecule has 3 aliphatic rings. The Kier molecular flexibility index (Phi) is 5.18. The van der Waals surface area contributed by atoms with Gasteiger partial charge in [0.25, 0.3) is 0 Å². The fourth-order valence-corrected chi connectivity index (χ4v) is 6.86. The number of alkyl halides is 2. The highest BCUT2D eigenvalue weighted by Gasteiger charge is 2.54. The molecule has 2 heteroatoms. The van der Waals surface area contributed by atoms with Gasteiger partial charge in [-0.15, -0.1) is 0 Å². The van der Waals surface area contributed by atoms with Crippen molar-refractivity contribution in [1.82, 2.24) is 0 Å². The third kappa shape index (κ3) is 3.00. The first-order valence-electron chi connectivity index (χ1n) is 9.95. The molecule has 6 atom stereocenters.